The molecule has 1 aliphatic rings. The molecular formula is C13H19N3O. The Labute approximate surface area is 102 Å². The number of carbonyl (C=O) groups is 1. The molecule has 4 nitrogen and oxygen atoms in total. The molecule has 2 N–H and O–H groups in total. The number of hydrogen-bond acceptors (Lipinski definition) is 3. The van der Waals surface area contributed by atoms with E-state index in [1.165, 1.54) is 0 Å². The van der Waals surface area contributed by atoms with Crippen LogP contribution in [-0.4, -0.2) is 30.0 Å². The molecule has 1 saturated heterocycles. The van der Waals surface area contributed by atoms with Gasteiger partial charge in [-0.15, -0.1) is 0 Å². The first kappa shape index (κ1) is 11.9. The number of benzene rings is 1. The number of rotatable bonds is 4. The second-order valence-corrected chi connectivity index (χ2v) is 4.39. The van der Waals surface area contributed by atoms with Gasteiger partial charge in [-0.05, 0) is 32.0 Å². The van der Waals surface area contributed by atoms with Crippen LogP contribution in [0.5, 0.6) is 0 Å². The summed E-state index contributed by atoms with van der Waals surface area (Å²) in [4.78, 5) is 11.9. The summed E-state index contributed by atoms with van der Waals surface area (Å²) in [6.45, 7) is 3.39. The van der Waals surface area contributed by atoms with E-state index >= 15 is 0 Å². The van der Waals surface area contributed by atoms with Crippen molar-refractivity contribution in [3.05, 3.63) is 30.3 Å². The number of hydrazine groups is 1. The van der Waals surface area contributed by atoms with Crippen molar-refractivity contribution in [3.8, 4) is 0 Å². The van der Waals surface area contributed by atoms with E-state index in [1.54, 1.807) is 0 Å². The fourth-order valence-corrected chi connectivity index (χ4v) is 2.25. The highest BCUT2D eigenvalue weighted by Gasteiger charge is 2.34. The van der Waals surface area contributed by atoms with Crippen molar-refractivity contribution in [2.45, 2.75) is 25.8 Å². The highest BCUT2D eigenvalue weighted by molar-refractivity contribution is 5.82. The molecule has 1 aromatic rings. The van der Waals surface area contributed by atoms with Crippen LogP contribution in [-0.2, 0) is 4.79 Å². The van der Waals surface area contributed by atoms with Crippen LogP contribution in [0.25, 0.3) is 0 Å². The highest BCUT2D eigenvalue weighted by Crippen LogP contribution is 2.27. The summed E-state index contributed by atoms with van der Waals surface area (Å²) < 4.78 is 0. The zero-order valence-corrected chi connectivity index (χ0v) is 10.2. The maximum absolute atomic E-state index is 11.9. The number of hydrogen-bond donors (Lipinski definition) is 1. The second-order valence-electron chi connectivity index (χ2n) is 4.39. The van der Waals surface area contributed by atoms with E-state index in [2.05, 4.69) is 11.9 Å². The fourth-order valence-electron chi connectivity index (χ4n) is 2.25. The molecule has 0 spiro atoms. The van der Waals surface area contributed by atoms with Gasteiger partial charge in [0.15, 0.2) is 0 Å². The molecule has 0 radical (unpaired) electrons. The predicted octanol–water partition coefficient (Wildman–Crippen LogP) is 1.38. The third-order valence-electron chi connectivity index (χ3n) is 3.03. The Morgan fingerprint density at radius 1 is 1.35 bits per heavy atom. The quantitative estimate of drug-likeness (QED) is 0.854. The summed E-state index contributed by atoms with van der Waals surface area (Å²) >= 11 is 0. The molecule has 1 fully saturated rings. The van der Waals surface area contributed by atoms with E-state index in [9.17, 15) is 4.79 Å². The SMILES string of the molecule is CC1CC(=O)N(CCCN)N1c1ccccc1. The van der Waals surface area contributed by atoms with Gasteiger partial charge in [-0.3, -0.25) is 14.8 Å². The zero-order valence-electron chi connectivity index (χ0n) is 10.2. The van der Waals surface area contributed by atoms with Gasteiger partial charge in [0.1, 0.15) is 0 Å². The number of carbonyl (C=O) groups excluding carboxylic acids is 1. The normalized spacial score (nSPS) is 20.1. The lowest BCUT2D eigenvalue weighted by Gasteiger charge is -2.32. The standard InChI is InChI=1S/C13H19N3O/c1-11-10-13(17)15(9-5-8-14)16(11)12-6-3-2-4-7-12/h2-4,6-7,11H,5,8-10,14H2,1H3. The highest BCUT2D eigenvalue weighted by atomic mass is 16.2. The van der Waals surface area contributed by atoms with Gasteiger partial charge in [0.25, 0.3) is 0 Å². The third kappa shape index (κ3) is 2.42. The number of anilines is 1. The molecule has 0 bridgehead atoms. The average molecular weight is 233 g/mol. The van der Waals surface area contributed by atoms with Crippen molar-refractivity contribution in [2.75, 3.05) is 18.1 Å². The predicted molar refractivity (Wildman–Crippen MR) is 68.4 cm³/mol. The van der Waals surface area contributed by atoms with Crippen molar-refractivity contribution in [2.24, 2.45) is 5.73 Å². The van der Waals surface area contributed by atoms with Crippen LogP contribution in [0.15, 0.2) is 30.3 Å². The van der Waals surface area contributed by atoms with Crippen LogP contribution in [0, 0.1) is 0 Å². The summed E-state index contributed by atoms with van der Waals surface area (Å²) in [6.07, 6.45) is 1.42. The number of amides is 1. The minimum atomic E-state index is 0.190. The van der Waals surface area contributed by atoms with Crippen LogP contribution in [0.3, 0.4) is 0 Å². The summed E-state index contributed by atoms with van der Waals surface area (Å²) in [6, 6.07) is 10.3. The Bertz CT molecular complexity index is 380. The Morgan fingerprint density at radius 3 is 2.71 bits per heavy atom. The molecule has 2 rings (SSSR count). The smallest absolute Gasteiger partial charge is 0.243 e. The molecule has 92 valence electrons. The molecular weight excluding hydrogens is 214 g/mol. The monoisotopic (exact) mass is 233 g/mol. The Morgan fingerprint density at radius 2 is 2.06 bits per heavy atom. The van der Waals surface area contributed by atoms with Crippen molar-refractivity contribution < 1.29 is 4.79 Å². The average Bonchev–Trinajstić information content (AvgIpc) is 2.62. The van der Waals surface area contributed by atoms with Gasteiger partial charge in [-0.1, -0.05) is 18.2 Å². The first-order valence-corrected chi connectivity index (χ1v) is 6.08. The van der Waals surface area contributed by atoms with E-state index in [4.69, 9.17) is 5.73 Å². The van der Waals surface area contributed by atoms with E-state index in [0.717, 1.165) is 12.1 Å². The van der Waals surface area contributed by atoms with Crippen molar-refractivity contribution in [1.82, 2.24) is 5.01 Å². The van der Waals surface area contributed by atoms with Crippen LogP contribution in [0.2, 0.25) is 0 Å². The van der Waals surface area contributed by atoms with Crippen LogP contribution in [0.4, 0.5) is 5.69 Å². The largest absolute Gasteiger partial charge is 0.330 e. The summed E-state index contributed by atoms with van der Waals surface area (Å²) in [5.41, 5.74) is 6.59. The number of nitrogens with zero attached hydrogens (tertiary/aromatic N) is 2. The zero-order chi connectivity index (χ0) is 12.3. The Kier molecular flexibility index (Phi) is 3.64. The van der Waals surface area contributed by atoms with Crippen LogP contribution >= 0.6 is 0 Å². The lowest BCUT2D eigenvalue weighted by molar-refractivity contribution is -0.128. The molecule has 0 aliphatic carbocycles. The summed E-state index contributed by atoms with van der Waals surface area (Å²) in [7, 11) is 0. The molecule has 1 heterocycles. The topological polar surface area (TPSA) is 49.6 Å². The van der Waals surface area contributed by atoms with Gasteiger partial charge in [0.05, 0.1) is 18.2 Å². The molecule has 1 aromatic carbocycles. The first-order chi connectivity index (χ1) is 8.24. The molecule has 1 amide bonds. The van der Waals surface area contributed by atoms with Gasteiger partial charge in [0, 0.05) is 6.54 Å². The Hall–Kier alpha value is -1.55. The summed E-state index contributed by atoms with van der Waals surface area (Å²) in [5.74, 6) is 0.190. The molecule has 0 aromatic heterocycles. The van der Waals surface area contributed by atoms with Crippen LogP contribution in [0.1, 0.15) is 19.8 Å². The van der Waals surface area contributed by atoms with Crippen LogP contribution < -0.4 is 10.7 Å². The third-order valence-corrected chi connectivity index (χ3v) is 3.03. The van der Waals surface area contributed by atoms with Gasteiger partial charge < -0.3 is 5.73 Å². The second kappa shape index (κ2) is 5.19. The van der Waals surface area contributed by atoms with Crippen molar-refractivity contribution in [3.63, 3.8) is 0 Å². The first-order valence-electron chi connectivity index (χ1n) is 6.08. The number of para-hydroxylation sites is 1. The maximum atomic E-state index is 11.9. The lowest BCUT2D eigenvalue weighted by Crippen LogP contribution is -2.43. The molecule has 1 atom stereocenters. The number of nitrogens with two attached hydrogens (primary N) is 1. The molecule has 4 heteroatoms. The van der Waals surface area contributed by atoms with Gasteiger partial charge in [-0.2, -0.15) is 0 Å². The van der Waals surface area contributed by atoms with E-state index in [-0.39, 0.29) is 11.9 Å². The van der Waals surface area contributed by atoms with E-state index in [0.29, 0.717) is 19.5 Å². The van der Waals surface area contributed by atoms with Crippen molar-refractivity contribution in [1.29, 1.82) is 0 Å². The van der Waals surface area contributed by atoms with Gasteiger partial charge in [0.2, 0.25) is 5.91 Å². The van der Waals surface area contributed by atoms with Crippen molar-refractivity contribution >= 4 is 11.6 Å². The molecule has 1 unspecified atom stereocenters. The minimum absolute atomic E-state index is 0.190. The molecule has 17 heavy (non-hydrogen) atoms. The maximum Gasteiger partial charge on any atom is 0.243 e. The molecule has 1 aliphatic heterocycles. The van der Waals surface area contributed by atoms with Gasteiger partial charge in [-0.25, -0.2) is 0 Å². The lowest BCUT2D eigenvalue weighted by atomic mass is 10.2. The summed E-state index contributed by atoms with van der Waals surface area (Å²) in [5, 5.41) is 3.91. The van der Waals surface area contributed by atoms with E-state index < -0.39 is 0 Å². The molecule has 0 saturated carbocycles. The fraction of sp³-hybridized carbons (Fsp3) is 0.462. The van der Waals surface area contributed by atoms with Gasteiger partial charge >= 0.3 is 0 Å². The Balaban J connectivity index is 2.20. The van der Waals surface area contributed by atoms with E-state index in [1.807, 2.05) is 35.3 Å². The minimum Gasteiger partial charge on any atom is -0.330 e.